The van der Waals surface area contributed by atoms with Gasteiger partial charge in [0.1, 0.15) is 5.75 Å². The highest BCUT2D eigenvalue weighted by molar-refractivity contribution is 5.85. The third-order valence-electron chi connectivity index (χ3n) is 4.52. The van der Waals surface area contributed by atoms with E-state index in [2.05, 4.69) is 19.2 Å². The van der Waals surface area contributed by atoms with Gasteiger partial charge in [0.2, 0.25) is 5.91 Å². The molecule has 1 aliphatic carbocycles. The first-order chi connectivity index (χ1) is 10.5. The average Bonchev–Trinajstić information content (AvgIpc) is 2.52. The second-order valence-electron chi connectivity index (χ2n) is 6.63. The Morgan fingerprint density at radius 1 is 1.26 bits per heavy atom. The quantitative estimate of drug-likeness (QED) is 0.862. The molecule has 0 bridgehead atoms. The van der Waals surface area contributed by atoms with Crippen LogP contribution in [0, 0.1) is 11.8 Å². The molecule has 0 saturated heterocycles. The van der Waals surface area contributed by atoms with Gasteiger partial charge in [-0.1, -0.05) is 32.4 Å². The maximum absolute atomic E-state index is 12.6. The molecule has 2 rings (SSSR count). The molecule has 0 heterocycles. The van der Waals surface area contributed by atoms with Crippen molar-refractivity contribution in [3.8, 4) is 5.75 Å². The van der Waals surface area contributed by atoms with Crippen molar-refractivity contribution in [1.82, 2.24) is 5.32 Å². The Morgan fingerprint density at radius 3 is 2.43 bits per heavy atom. The fraction of sp³-hybridized carbons (Fsp3) is 0.611. The van der Waals surface area contributed by atoms with Crippen LogP contribution in [0.25, 0.3) is 0 Å². The number of hydrogen-bond donors (Lipinski definition) is 2. The number of amides is 1. The summed E-state index contributed by atoms with van der Waals surface area (Å²) in [7, 11) is 1.66. The Hall–Kier alpha value is -1.26. The van der Waals surface area contributed by atoms with Gasteiger partial charge < -0.3 is 15.8 Å². The lowest BCUT2D eigenvalue weighted by Gasteiger charge is -2.29. The number of ether oxygens (including phenoxy) is 1. The van der Waals surface area contributed by atoms with Gasteiger partial charge in [0.15, 0.2) is 0 Å². The molecule has 1 saturated carbocycles. The maximum atomic E-state index is 12.6. The Kier molecular flexibility index (Phi) is 7.86. The van der Waals surface area contributed by atoms with Crippen molar-refractivity contribution in [2.24, 2.45) is 17.6 Å². The minimum absolute atomic E-state index is 0. The first-order valence-electron chi connectivity index (χ1n) is 8.21. The third kappa shape index (κ3) is 5.40. The molecular formula is C18H29ClN2O2. The largest absolute Gasteiger partial charge is 0.497 e. The Labute approximate surface area is 145 Å². The number of nitrogens with one attached hydrogen (secondary N) is 1. The maximum Gasteiger partial charge on any atom is 0.223 e. The van der Waals surface area contributed by atoms with E-state index in [9.17, 15) is 4.79 Å². The molecule has 1 amide bonds. The Balaban J connectivity index is 0.00000264. The molecule has 3 atom stereocenters. The highest BCUT2D eigenvalue weighted by Gasteiger charge is 2.28. The smallest absolute Gasteiger partial charge is 0.223 e. The predicted octanol–water partition coefficient (Wildman–Crippen LogP) is 3.45. The van der Waals surface area contributed by atoms with Gasteiger partial charge in [0.25, 0.3) is 0 Å². The topological polar surface area (TPSA) is 64.3 Å². The van der Waals surface area contributed by atoms with Crippen LogP contribution in [0.4, 0.5) is 0 Å². The minimum atomic E-state index is 0. The summed E-state index contributed by atoms with van der Waals surface area (Å²) in [6.07, 6.45) is 3.84. The summed E-state index contributed by atoms with van der Waals surface area (Å²) >= 11 is 0. The molecule has 1 aliphatic rings. The van der Waals surface area contributed by atoms with Gasteiger partial charge >= 0.3 is 0 Å². The van der Waals surface area contributed by atoms with E-state index in [0.717, 1.165) is 37.0 Å². The number of hydrogen-bond acceptors (Lipinski definition) is 3. The molecule has 0 spiro atoms. The number of benzene rings is 1. The SMILES string of the molecule is COc1ccc(C(NC(=O)C2CCCC(N)C2)C(C)C)cc1.Cl. The zero-order valence-corrected chi connectivity index (χ0v) is 15.1. The lowest BCUT2D eigenvalue weighted by Crippen LogP contribution is -2.40. The molecule has 0 radical (unpaired) electrons. The van der Waals surface area contributed by atoms with Crippen LogP contribution < -0.4 is 15.8 Å². The Bertz CT molecular complexity index is 490. The van der Waals surface area contributed by atoms with Gasteiger partial charge in [-0.3, -0.25) is 4.79 Å². The van der Waals surface area contributed by atoms with E-state index in [4.69, 9.17) is 10.5 Å². The molecule has 5 heteroatoms. The van der Waals surface area contributed by atoms with Crippen LogP contribution in [0.3, 0.4) is 0 Å². The first kappa shape index (κ1) is 19.8. The minimum Gasteiger partial charge on any atom is -0.497 e. The summed E-state index contributed by atoms with van der Waals surface area (Å²) in [5, 5.41) is 3.23. The van der Waals surface area contributed by atoms with E-state index >= 15 is 0 Å². The molecule has 1 fully saturated rings. The van der Waals surface area contributed by atoms with Crippen molar-refractivity contribution in [1.29, 1.82) is 0 Å². The summed E-state index contributed by atoms with van der Waals surface area (Å²) in [6.45, 7) is 4.25. The van der Waals surface area contributed by atoms with Crippen molar-refractivity contribution in [3.63, 3.8) is 0 Å². The first-order valence-corrected chi connectivity index (χ1v) is 8.21. The van der Waals surface area contributed by atoms with Gasteiger partial charge in [0.05, 0.1) is 13.2 Å². The van der Waals surface area contributed by atoms with Crippen LogP contribution in [0.15, 0.2) is 24.3 Å². The Morgan fingerprint density at radius 2 is 1.91 bits per heavy atom. The lowest BCUT2D eigenvalue weighted by atomic mass is 9.85. The van der Waals surface area contributed by atoms with Crippen LogP contribution in [0.5, 0.6) is 5.75 Å². The zero-order valence-electron chi connectivity index (χ0n) is 14.2. The monoisotopic (exact) mass is 340 g/mol. The predicted molar refractivity (Wildman–Crippen MR) is 95.9 cm³/mol. The van der Waals surface area contributed by atoms with Crippen LogP contribution in [-0.2, 0) is 4.79 Å². The molecule has 130 valence electrons. The van der Waals surface area contributed by atoms with E-state index in [1.54, 1.807) is 7.11 Å². The van der Waals surface area contributed by atoms with Gasteiger partial charge in [0, 0.05) is 12.0 Å². The number of carbonyl (C=O) groups excluding carboxylic acids is 1. The van der Waals surface area contributed by atoms with E-state index in [1.807, 2.05) is 24.3 Å². The van der Waals surface area contributed by atoms with Gasteiger partial charge in [-0.25, -0.2) is 0 Å². The molecule has 1 aromatic rings. The van der Waals surface area contributed by atoms with Crippen molar-refractivity contribution in [3.05, 3.63) is 29.8 Å². The van der Waals surface area contributed by atoms with Crippen LogP contribution in [0.1, 0.15) is 51.1 Å². The summed E-state index contributed by atoms with van der Waals surface area (Å²) < 4.78 is 5.20. The van der Waals surface area contributed by atoms with Crippen molar-refractivity contribution in [2.45, 2.75) is 51.6 Å². The highest BCUT2D eigenvalue weighted by atomic mass is 35.5. The normalized spacial score (nSPS) is 22.1. The number of carbonyl (C=O) groups is 1. The number of nitrogens with two attached hydrogens (primary N) is 1. The average molecular weight is 341 g/mol. The molecule has 3 N–H and O–H groups in total. The van der Waals surface area contributed by atoms with E-state index in [0.29, 0.717) is 5.92 Å². The fourth-order valence-electron chi connectivity index (χ4n) is 3.18. The number of methoxy groups -OCH3 is 1. The molecule has 0 aliphatic heterocycles. The van der Waals surface area contributed by atoms with Crippen LogP contribution in [-0.4, -0.2) is 19.1 Å². The van der Waals surface area contributed by atoms with Crippen LogP contribution >= 0.6 is 12.4 Å². The van der Waals surface area contributed by atoms with Crippen molar-refractivity contribution < 1.29 is 9.53 Å². The van der Waals surface area contributed by atoms with Gasteiger partial charge in [-0.05, 0) is 42.9 Å². The molecular weight excluding hydrogens is 312 g/mol. The van der Waals surface area contributed by atoms with Crippen LogP contribution in [0.2, 0.25) is 0 Å². The highest BCUT2D eigenvalue weighted by Crippen LogP contribution is 2.27. The second kappa shape index (κ2) is 9.14. The molecule has 23 heavy (non-hydrogen) atoms. The molecule has 4 nitrogen and oxygen atoms in total. The molecule has 1 aromatic carbocycles. The van der Waals surface area contributed by atoms with Gasteiger partial charge in [-0.15, -0.1) is 12.4 Å². The summed E-state index contributed by atoms with van der Waals surface area (Å²) in [6, 6.07) is 8.12. The summed E-state index contributed by atoms with van der Waals surface area (Å²) in [4.78, 5) is 12.6. The lowest BCUT2D eigenvalue weighted by molar-refractivity contribution is -0.127. The summed E-state index contributed by atoms with van der Waals surface area (Å²) in [5.41, 5.74) is 7.12. The van der Waals surface area contributed by atoms with E-state index in [-0.39, 0.29) is 36.3 Å². The van der Waals surface area contributed by atoms with Gasteiger partial charge in [-0.2, -0.15) is 0 Å². The third-order valence-corrected chi connectivity index (χ3v) is 4.52. The number of rotatable bonds is 5. The van der Waals surface area contributed by atoms with E-state index < -0.39 is 0 Å². The molecule has 0 aromatic heterocycles. The fourth-order valence-corrected chi connectivity index (χ4v) is 3.18. The van der Waals surface area contributed by atoms with Crippen molar-refractivity contribution >= 4 is 18.3 Å². The van der Waals surface area contributed by atoms with E-state index in [1.165, 1.54) is 0 Å². The summed E-state index contributed by atoms with van der Waals surface area (Å²) in [5.74, 6) is 1.36. The number of halogens is 1. The zero-order chi connectivity index (χ0) is 16.1. The standard InChI is InChI=1S/C18H28N2O2.ClH/c1-12(2)17(13-7-9-16(22-3)10-8-13)20-18(21)14-5-4-6-15(19)11-14;/h7-10,12,14-15,17H,4-6,11,19H2,1-3H3,(H,20,21);1H. The second-order valence-corrected chi connectivity index (χ2v) is 6.63. The van der Waals surface area contributed by atoms with Crippen molar-refractivity contribution in [2.75, 3.05) is 7.11 Å². The molecule has 3 unspecified atom stereocenters.